The molecule has 1 rings (SSSR count). The molecule has 0 atom stereocenters. The molecule has 0 unspecified atom stereocenters. The fraction of sp³-hybridized carbons (Fsp3) is 0.417. The molecule has 0 aliphatic carbocycles. The lowest BCUT2D eigenvalue weighted by molar-refractivity contribution is -0.121. The fourth-order valence-corrected chi connectivity index (χ4v) is 1.75. The third-order valence-corrected chi connectivity index (χ3v) is 2.94. The number of carbonyl (C=O) groups is 1. The van der Waals surface area contributed by atoms with Crippen molar-refractivity contribution in [2.45, 2.75) is 19.3 Å². The monoisotopic (exact) mass is 333 g/mol. The topological polar surface area (TPSA) is 49.3 Å². The van der Waals surface area contributed by atoms with Crippen LogP contribution in [0.3, 0.4) is 0 Å². The van der Waals surface area contributed by atoms with E-state index in [1.165, 1.54) is 9.13 Å². The highest BCUT2D eigenvalue weighted by Crippen LogP contribution is 2.09. The van der Waals surface area contributed by atoms with Crippen LogP contribution in [-0.2, 0) is 11.2 Å². The number of hydrogen-bond acceptors (Lipinski definition) is 2. The summed E-state index contributed by atoms with van der Waals surface area (Å²) in [6, 6.07) is 8.32. The van der Waals surface area contributed by atoms with Crippen molar-refractivity contribution in [3.63, 3.8) is 0 Å². The third kappa shape index (κ3) is 5.46. The Labute approximate surface area is 109 Å². The summed E-state index contributed by atoms with van der Waals surface area (Å²) in [4.78, 5) is 11.2. The van der Waals surface area contributed by atoms with E-state index in [1.54, 1.807) is 0 Å². The molecule has 0 bridgehead atoms. The first-order chi connectivity index (χ1) is 7.72. The maximum Gasteiger partial charge on any atom is 0.220 e. The van der Waals surface area contributed by atoms with Crippen LogP contribution < -0.4 is 5.32 Å². The number of aliphatic hydroxyl groups excluding tert-OH is 1. The van der Waals surface area contributed by atoms with Gasteiger partial charge in [-0.2, -0.15) is 0 Å². The molecule has 1 aromatic carbocycles. The van der Waals surface area contributed by atoms with Gasteiger partial charge in [-0.05, 0) is 53.1 Å². The van der Waals surface area contributed by atoms with Crippen LogP contribution in [0, 0.1) is 3.57 Å². The van der Waals surface area contributed by atoms with Crippen LogP contribution in [0.25, 0.3) is 0 Å². The van der Waals surface area contributed by atoms with Gasteiger partial charge in [-0.3, -0.25) is 4.79 Å². The second-order valence-electron chi connectivity index (χ2n) is 3.55. The van der Waals surface area contributed by atoms with Gasteiger partial charge in [0.1, 0.15) is 0 Å². The molecule has 0 heterocycles. The van der Waals surface area contributed by atoms with Crippen LogP contribution in [0.2, 0.25) is 0 Å². The van der Waals surface area contributed by atoms with Crippen LogP contribution in [0.1, 0.15) is 18.4 Å². The van der Waals surface area contributed by atoms with E-state index in [9.17, 15) is 4.79 Å². The summed E-state index contributed by atoms with van der Waals surface area (Å²) in [6.45, 7) is 0.352. The minimum atomic E-state index is 0.00284. The first-order valence-electron chi connectivity index (χ1n) is 5.34. The number of aryl methyl sites for hydroxylation is 1. The number of amides is 1. The van der Waals surface area contributed by atoms with Gasteiger partial charge in [0.05, 0.1) is 6.61 Å². The largest absolute Gasteiger partial charge is 0.395 e. The highest BCUT2D eigenvalue weighted by molar-refractivity contribution is 14.1. The number of hydrogen-bond donors (Lipinski definition) is 2. The van der Waals surface area contributed by atoms with Crippen molar-refractivity contribution in [2.24, 2.45) is 0 Å². The molecular weight excluding hydrogens is 317 g/mol. The summed E-state index contributed by atoms with van der Waals surface area (Å²) >= 11 is 2.27. The number of aliphatic hydroxyl groups is 1. The van der Waals surface area contributed by atoms with Gasteiger partial charge >= 0.3 is 0 Å². The van der Waals surface area contributed by atoms with Crippen molar-refractivity contribution in [2.75, 3.05) is 13.2 Å². The van der Waals surface area contributed by atoms with Crippen LogP contribution >= 0.6 is 22.6 Å². The highest BCUT2D eigenvalue weighted by atomic mass is 127. The van der Waals surface area contributed by atoms with Crippen molar-refractivity contribution in [3.05, 3.63) is 33.4 Å². The van der Waals surface area contributed by atoms with Gasteiger partial charge in [-0.15, -0.1) is 0 Å². The minimum Gasteiger partial charge on any atom is -0.395 e. The van der Waals surface area contributed by atoms with Crippen molar-refractivity contribution in [1.82, 2.24) is 5.32 Å². The van der Waals surface area contributed by atoms with E-state index < -0.39 is 0 Å². The van der Waals surface area contributed by atoms with Crippen LogP contribution in [-0.4, -0.2) is 24.2 Å². The zero-order chi connectivity index (χ0) is 11.8. The zero-order valence-electron chi connectivity index (χ0n) is 9.08. The fourth-order valence-electron chi connectivity index (χ4n) is 1.39. The third-order valence-electron chi connectivity index (χ3n) is 2.22. The Balaban J connectivity index is 2.20. The predicted molar refractivity (Wildman–Crippen MR) is 72.2 cm³/mol. The van der Waals surface area contributed by atoms with E-state index in [0.29, 0.717) is 13.0 Å². The van der Waals surface area contributed by atoms with E-state index >= 15 is 0 Å². The van der Waals surface area contributed by atoms with Crippen molar-refractivity contribution in [3.8, 4) is 0 Å². The second kappa shape index (κ2) is 7.62. The average molecular weight is 333 g/mol. The Morgan fingerprint density at radius 1 is 1.31 bits per heavy atom. The van der Waals surface area contributed by atoms with Crippen LogP contribution in [0.4, 0.5) is 0 Å². The smallest absolute Gasteiger partial charge is 0.220 e. The first kappa shape index (κ1) is 13.4. The molecule has 0 spiro atoms. The Bertz CT molecular complexity index is 324. The number of nitrogens with one attached hydrogen (secondary N) is 1. The quantitative estimate of drug-likeness (QED) is 0.779. The summed E-state index contributed by atoms with van der Waals surface area (Å²) in [5, 5.41) is 11.2. The van der Waals surface area contributed by atoms with E-state index in [4.69, 9.17) is 5.11 Å². The molecule has 0 saturated heterocycles. The molecule has 2 N–H and O–H groups in total. The average Bonchev–Trinajstić information content (AvgIpc) is 2.29. The summed E-state index contributed by atoms with van der Waals surface area (Å²) in [5.41, 5.74) is 1.26. The van der Waals surface area contributed by atoms with Gasteiger partial charge < -0.3 is 10.4 Å². The highest BCUT2D eigenvalue weighted by Gasteiger charge is 2.00. The molecule has 0 aliphatic rings. The number of carbonyl (C=O) groups excluding carboxylic acids is 1. The van der Waals surface area contributed by atoms with Crippen molar-refractivity contribution in [1.29, 1.82) is 0 Å². The molecule has 0 aromatic heterocycles. The standard InChI is InChI=1S/C12H16INO2/c13-11-6-4-10(5-7-11)2-1-3-12(16)14-8-9-15/h4-7,15H,1-3,8-9H2,(H,14,16). The number of benzene rings is 1. The summed E-state index contributed by atoms with van der Waals surface area (Å²) in [6.07, 6.45) is 2.29. The van der Waals surface area contributed by atoms with E-state index in [0.717, 1.165) is 12.8 Å². The molecule has 0 aliphatic heterocycles. The normalized spacial score (nSPS) is 10.1. The summed E-state index contributed by atoms with van der Waals surface area (Å²) in [7, 11) is 0. The van der Waals surface area contributed by atoms with Crippen LogP contribution in [0.5, 0.6) is 0 Å². The van der Waals surface area contributed by atoms with Gasteiger partial charge in [0.25, 0.3) is 0 Å². The molecular formula is C12H16INO2. The lowest BCUT2D eigenvalue weighted by Gasteiger charge is -2.03. The Hall–Kier alpha value is -0.620. The Kier molecular flexibility index (Phi) is 6.40. The zero-order valence-corrected chi connectivity index (χ0v) is 11.2. The van der Waals surface area contributed by atoms with E-state index in [2.05, 4.69) is 52.2 Å². The molecule has 0 radical (unpaired) electrons. The predicted octanol–water partition coefficient (Wildman–Crippen LogP) is 1.72. The van der Waals surface area contributed by atoms with Gasteiger partial charge in [-0.1, -0.05) is 12.1 Å². The molecule has 4 heteroatoms. The second-order valence-corrected chi connectivity index (χ2v) is 4.80. The Morgan fingerprint density at radius 3 is 2.62 bits per heavy atom. The summed E-state index contributed by atoms with van der Waals surface area (Å²) in [5.74, 6) is 0.0135. The molecule has 0 saturated carbocycles. The maximum absolute atomic E-state index is 11.2. The van der Waals surface area contributed by atoms with Gasteiger partial charge in [0.2, 0.25) is 5.91 Å². The van der Waals surface area contributed by atoms with E-state index in [1.807, 2.05) is 0 Å². The lowest BCUT2D eigenvalue weighted by atomic mass is 10.1. The molecule has 88 valence electrons. The van der Waals surface area contributed by atoms with Crippen molar-refractivity contribution < 1.29 is 9.90 Å². The Morgan fingerprint density at radius 2 is 2.00 bits per heavy atom. The number of rotatable bonds is 6. The van der Waals surface area contributed by atoms with Gasteiger partial charge in [0, 0.05) is 16.5 Å². The van der Waals surface area contributed by atoms with Crippen LogP contribution in [0.15, 0.2) is 24.3 Å². The van der Waals surface area contributed by atoms with Gasteiger partial charge in [-0.25, -0.2) is 0 Å². The van der Waals surface area contributed by atoms with Crippen molar-refractivity contribution >= 4 is 28.5 Å². The lowest BCUT2D eigenvalue weighted by Crippen LogP contribution is -2.26. The molecule has 1 amide bonds. The number of halogens is 1. The SMILES string of the molecule is O=C(CCCc1ccc(I)cc1)NCCO. The molecule has 16 heavy (non-hydrogen) atoms. The minimum absolute atomic E-state index is 0.00284. The molecule has 1 aromatic rings. The van der Waals surface area contributed by atoms with Gasteiger partial charge in [0.15, 0.2) is 0 Å². The van der Waals surface area contributed by atoms with E-state index in [-0.39, 0.29) is 12.5 Å². The maximum atomic E-state index is 11.2. The molecule has 3 nitrogen and oxygen atoms in total. The molecule has 0 fully saturated rings. The first-order valence-corrected chi connectivity index (χ1v) is 6.42. The summed E-state index contributed by atoms with van der Waals surface area (Å²) < 4.78 is 1.22.